The number of carboxylic acids is 1. The second-order valence-electron chi connectivity index (χ2n) is 2.24. The van der Waals surface area contributed by atoms with Gasteiger partial charge in [0.15, 0.2) is 0 Å². The number of nitrogens with zero attached hydrogens (tertiary/aromatic N) is 3. The molecule has 0 radical (unpaired) electrons. The van der Waals surface area contributed by atoms with Gasteiger partial charge in [-0.3, -0.25) is 9.69 Å². The Kier molecular flexibility index (Phi) is 9.21. The Morgan fingerprint density at radius 1 is 1.54 bits per heavy atom. The molecule has 0 heterocycles. The number of hydrogen-bond acceptors (Lipinski definition) is 4. The van der Waals surface area contributed by atoms with Gasteiger partial charge in [-0.2, -0.15) is 10.5 Å². The van der Waals surface area contributed by atoms with Gasteiger partial charge in [0.1, 0.15) is 6.04 Å². The average Bonchev–Trinajstić information content (AvgIpc) is 2.03. The molecule has 0 aliphatic heterocycles. The molecule has 13 heavy (non-hydrogen) atoms. The minimum absolute atomic E-state index is 0. The topological polar surface area (TPSA) is 88.1 Å². The van der Waals surface area contributed by atoms with Crippen molar-refractivity contribution in [3.05, 3.63) is 0 Å². The smallest absolute Gasteiger partial charge is 1.00 e. The summed E-state index contributed by atoms with van der Waals surface area (Å²) < 4.78 is 0. The van der Waals surface area contributed by atoms with Crippen molar-refractivity contribution in [3.63, 3.8) is 0 Å². The minimum atomic E-state index is -1.03. The van der Waals surface area contributed by atoms with Crippen molar-refractivity contribution in [3.8, 4) is 12.1 Å². The summed E-state index contributed by atoms with van der Waals surface area (Å²) in [5, 5.41) is 25.1. The molecular formula is C7H10N3NaO2. The Hall–Kier alpha value is -0.590. The molecule has 0 aliphatic carbocycles. The molecule has 0 aromatic rings. The van der Waals surface area contributed by atoms with Gasteiger partial charge in [0, 0.05) is 0 Å². The molecule has 1 N–H and O–H groups in total. The Morgan fingerprint density at radius 3 is 2.15 bits per heavy atom. The van der Waals surface area contributed by atoms with Crippen LogP contribution in [0.15, 0.2) is 0 Å². The number of aliphatic carboxylic acids is 1. The molecule has 0 aromatic heterocycles. The second-order valence-corrected chi connectivity index (χ2v) is 2.24. The molecular weight excluding hydrogens is 181 g/mol. The number of hydrogen-bond donors (Lipinski definition) is 1. The molecule has 66 valence electrons. The van der Waals surface area contributed by atoms with Gasteiger partial charge in [-0.15, -0.1) is 0 Å². The van der Waals surface area contributed by atoms with Crippen LogP contribution >= 0.6 is 0 Å². The van der Waals surface area contributed by atoms with Crippen LogP contribution in [0.3, 0.4) is 0 Å². The predicted molar refractivity (Wildman–Crippen MR) is 41.0 cm³/mol. The van der Waals surface area contributed by atoms with Gasteiger partial charge in [-0.1, -0.05) is 0 Å². The van der Waals surface area contributed by atoms with Gasteiger partial charge in [-0.25, -0.2) is 0 Å². The monoisotopic (exact) mass is 191 g/mol. The zero-order valence-corrected chi connectivity index (χ0v) is 9.69. The van der Waals surface area contributed by atoms with E-state index in [2.05, 4.69) is 0 Å². The van der Waals surface area contributed by atoms with E-state index in [1.165, 1.54) is 11.8 Å². The SMILES string of the molecule is C[C@@H](C(=O)O)N(CC#N)CC#N.[H-].[Na+]. The molecule has 0 aromatic carbocycles. The van der Waals surface area contributed by atoms with Crippen LogP contribution in [0.2, 0.25) is 0 Å². The summed E-state index contributed by atoms with van der Waals surface area (Å²) in [6, 6.07) is 2.81. The summed E-state index contributed by atoms with van der Waals surface area (Å²) in [5.41, 5.74) is 0. The third-order valence-corrected chi connectivity index (χ3v) is 1.45. The maximum Gasteiger partial charge on any atom is 1.00 e. The van der Waals surface area contributed by atoms with Crippen LogP contribution in [-0.4, -0.2) is 35.1 Å². The summed E-state index contributed by atoms with van der Waals surface area (Å²) >= 11 is 0. The number of carboxylic acid groups (broad SMARTS) is 1. The van der Waals surface area contributed by atoms with E-state index in [1.807, 2.05) is 0 Å². The summed E-state index contributed by atoms with van der Waals surface area (Å²) in [6.07, 6.45) is 0. The molecule has 0 bridgehead atoms. The summed E-state index contributed by atoms with van der Waals surface area (Å²) in [6.45, 7) is 1.36. The molecule has 0 aliphatic rings. The fourth-order valence-electron chi connectivity index (χ4n) is 0.668. The summed E-state index contributed by atoms with van der Waals surface area (Å²) in [5.74, 6) is -1.03. The molecule has 0 spiro atoms. The van der Waals surface area contributed by atoms with Gasteiger partial charge in [0.25, 0.3) is 0 Å². The standard InChI is InChI=1S/C7H9N3O2.Na.H/c1-6(7(11)12)10(4-2-8)5-3-9;;/h6H,4-5H2,1H3,(H,11,12);;/q;+1;-1/t6-;;/m0../s1. The first-order valence-electron chi connectivity index (χ1n) is 3.34. The average molecular weight is 191 g/mol. The van der Waals surface area contributed by atoms with Crippen molar-refractivity contribution in [2.75, 3.05) is 13.1 Å². The fourth-order valence-corrected chi connectivity index (χ4v) is 0.668. The Bertz CT molecular complexity index is 232. The van der Waals surface area contributed by atoms with Crippen LogP contribution in [-0.2, 0) is 4.79 Å². The van der Waals surface area contributed by atoms with Crippen molar-refractivity contribution >= 4 is 5.97 Å². The number of rotatable bonds is 4. The Morgan fingerprint density at radius 2 is 1.92 bits per heavy atom. The van der Waals surface area contributed by atoms with E-state index in [4.69, 9.17) is 15.6 Å². The van der Waals surface area contributed by atoms with E-state index in [9.17, 15) is 4.79 Å². The first kappa shape index (κ1) is 14.9. The molecule has 0 rings (SSSR count). The minimum Gasteiger partial charge on any atom is -1.00 e. The van der Waals surface area contributed by atoms with Crippen LogP contribution in [0.1, 0.15) is 8.35 Å². The third kappa shape index (κ3) is 5.62. The van der Waals surface area contributed by atoms with E-state index >= 15 is 0 Å². The van der Waals surface area contributed by atoms with Gasteiger partial charge in [0.05, 0.1) is 25.2 Å². The molecule has 0 amide bonds. The van der Waals surface area contributed by atoms with Crippen LogP contribution in [0, 0.1) is 22.7 Å². The molecule has 6 heteroatoms. The normalized spacial score (nSPS) is 10.8. The van der Waals surface area contributed by atoms with Crippen molar-refractivity contribution < 1.29 is 40.9 Å². The maximum absolute atomic E-state index is 10.4. The van der Waals surface area contributed by atoms with Crippen LogP contribution in [0.25, 0.3) is 0 Å². The third-order valence-electron chi connectivity index (χ3n) is 1.45. The zero-order chi connectivity index (χ0) is 9.56. The van der Waals surface area contributed by atoms with E-state index in [0.717, 1.165) is 0 Å². The summed E-state index contributed by atoms with van der Waals surface area (Å²) in [4.78, 5) is 11.7. The van der Waals surface area contributed by atoms with Gasteiger partial charge >= 0.3 is 35.5 Å². The van der Waals surface area contributed by atoms with E-state index < -0.39 is 12.0 Å². The van der Waals surface area contributed by atoms with Crippen LogP contribution in [0.5, 0.6) is 0 Å². The van der Waals surface area contributed by atoms with E-state index in [-0.39, 0.29) is 44.1 Å². The maximum atomic E-state index is 10.4. The predicted octanol–water partition coefficient (Wildman–Crippen LogP) is -3.07. The largest absolute Gasteiger partial charge is 1.00 e. The first-order valence-corrected chi connectivity index (χ1v) is 3.34. The first-order chi connectivity index (χ1) is 5.63. The molecule has 1 atom stereocenters. The quantitative estimate of drug-likeness (QED) is 0.376. The van der Waals surface area contributed by atoms with Gasteiger partial charge in [0.2, 0.25) is 0 Å². The van der Waals surface area contributed by atoms with E-state index in [0.29, 0.717) is 0 Å². The van der Waals surface area contributed by atoms with Crippen molar-refractivity contribution in [2.45, 2.75) is 13.0 Å². The second kappa shape index (κ2) is 8.03. The molecule has 0 unspecified atom stereocenters. The van der Waals surface area contributed by atoms with Crippen molar-refractivity contribution in [2.24, 2.45) is 0 Å². The number of carbonyl (C=O) groups is 1. The molecule has 0 saturated carbocycles. The van der Waals surface area contributed by atoms with Crippen molar-refractivity contribution in [1.82, 2.24) is 4.90 Å². The number of nitriles is 2. The Labute approximate surface area is 100 Å². The van der Waals surface area contributed by atoms with Crippen molar-refractivity contribution in [1.29, 1.82) is 10.5 Å². The molecule has 5 nitrogen and oxygen atoms in total. The Balaban J connectivity index is -0.000000605. The van der Waals surface area contributed by atoms with E-state index in [1.54, 1.807) is 12.1 Å². The van der Waals surface area contributed by atoms with Crippen LogP contribution < -0.4 is 29.6 Å². The summed E-state index contributed by atoms with van der Waals surface area (Å²) in [7, 11) is 0. The molecule has 0 saturated heterocycles. The van der Waals surface area contributed by atoms with Crippen LogP contribution in [0.4, 0.5) is 0 Å². The fraction of sp³-hybridized carbons (Fsp3) is 0.571. The van der Waals surface area contributed by atoms with Gasteiger partial charge in [-0.05, 0) is 6.92 Å². The molecule has 0 fully saturated rings. The van der Waals surface area contributed by atoms with Gasteiger partial charge < -0.3 is 6.53 Å². The zero-order valence-electron chi connectivity index (χ0n) is 8.69.